The van der Waals surface area contributed by atoms with Gasteiger partial charge in [-0.2, -0.15) is 0 Å². The predicted molar refractivity (Wildman–Crippen MR) is 81.3 cm³/mol. The van der Waals surface area contributed by atoms with Gasteiger partial charge in [0.15, 0.2) is 0 Å². The van der Waals surface area contributed by atoms with Crippen LogP contribution in [0.15, 0.2) is 24.3 Å². The smallest absolute Gasteiger partial charge is 0.335 e. The number of benzene rings is 1. The molecular formula is C17H23NO3. The molecule has 1 aliphatic carbocycles. The Balaban J connectivity index is 2.01. The van der Waals surface area contributed by atoms with Crippen molar-refractivity contribution in [1.29, 1.82) is 0 Å². The lowest BCUT2D eigenvalue weighted by Crippen LogP contribution is -2.35. The third-order valence-electron chi connectivity index (χ3n) is 3.78. The molecule has 0 bridgehead atoms. The van der Waals surface area contributed by atoms with E-state index in [9.17, 15) is 9.59 Å². The monoisotopic (exact) mass is 289 g/mol. The highest BCUT2D eigenvalue weighted by molar-refractivity contribution is 5.88. The zero-order valence-electron chi connectivity index (χ0n) is 12.7. The van der Waals surface area contributed by atoms with Gasteiger partial charge in [-0.3, -0.25) is 4.79 Å². The topological polar surface area (TPSA) is 57.6 Å². The van der Waals surface area contributed by atoms with Crippen molar-refractivity contribution < 1.29 is 14.7 Å². The van der Waals surface area contributed by atoms with Crippen LogP contribution in [0, 0.1) is 5.92 Å². The average molecular weight is 289 g/mol. The molecule has 1 amide bonds. The molecule has 4 heteroatoms. The number of hydrogen-bond donors (Lipinski definition) is 1. The third kappa shape index (κ3) is 4.59. The number of aromatic carboxylic acids is 1. The number of amides is 1. The van der Waals surface area contributed by atoms with E-state index in [2.05, 4.69) is 13.8 Å². The van der Waals surface area contributed by atoms with Crippen molar-refractivity contribution in [1.82, 2.24) is 4.90 Å². The van der Waals surface area contributed by atoms with Gasteiger partial charge < -0.3 is 10.0 Å². The van der Waals surface area contributed by atoms with Crippen LogP contribution in [-0.4, -0.2) is 34.5 Å². The lowest BCUT2D eigenvalue weighted by Gasteiger charge is -2.23. The molecule has 114 valence electrons. The summed E-state index contributed by atoms with van der Waals surface area (Å²) in [5.41, 5.74) is 1.01. The number of hydrogen-bond acceptors (Lipinski definition) is 2. The van der Waals surface area contributed by atoms with Crippen LogP contribution in [0.5, 0.6) is 0 Å². The van der Waals surface area contributed by atoms with E-state index >= 15 is 0 Å². The van der Waals surface area contributed by atoms with E-state index in [1.54, 1.807) is 18.2 Å². The minimum Gasteiger partial charge on any atom is -0.478 e. The molecule has 0 saturated heterocycles. The quantitative estimate of drug-likeness (QED) is 0.839. The summed E-state index contributed by atoms with van der Waals surface area (Å²) in [4.78, 5) is 25.4. The molecule has 2 rings (SSSR count). The maximum Gasteiger partial charge on any atom is 0.335 e. The second-order valence-corrected chi connectivity index (χ2v) is 6.18. The van der Waals surface area contributed by atoms with Gasteiger partial charge in [0, 0.05) is 12.6 Å². The molecule has 0 unspecified atom stereocenters. The average Bonchev–Trinajstić information content (AvgIpc) is 3.23. The number of carboxylic acids is 1. The molecule has 0 heterocycles. The maximum atomic E-state index is 12.5. The van der Waals surface area contributed by atoms with Crippen LogP contribution < -0.4 is 0 Å². The SMILES string of the molecule is CC(C)CCN(C(=O)Cc1cccc(C(=O)O)c1)C1CC1. The van der Waals surface area contributed by atoms with Crippen molar-refractivity contribution in [2.24, 2.45) is 5.92 Å². The Morgan fingerprint density at radius 1 is 1.33 bits per heavy atom. The van der Waals surface area contributed by atoms with Crippen LogP contribution in [0.25, 0.3) is 0 Å². The van der Waals surface area contributed by atoms with Crippen molar-refractivity contribution >= 4 is 11.9 Å². The largest absolute Gasteiger partial charge is 0.478 e. The molecule has 21 heavy (non-hydrogen) atoms. The Bertz CT molecular complexity index is 521. The predicted octanol–water partition coefficient (Wildman–Crippen LogP) is 2.96. The summed E-state index contributed by atoms with van der Waals surface area (Å²) in [6, 6.07) is 7.06. The third-order valence-corrected chi connectivity index (χ3v) is 3.78. The molecule has 1 saturated carbocycles. The van der Waals surface area contributed by atoms with Crippen molar-refractivity contribution in [3.63, 3.8) is 0 Å². The molecule has 0 aromatic heterocycles. The molecule has 1 aromatic carbocycles. The molecule has 0 aliphatic heterocycles. The first-order chi connectivity index (χ1) is 9.97. The van der Waals surface area contributed by atoms with E-state index in [0.29, 0.717) is 12.0 Å². The normalized spacial score (nSPS) is 14.2. The highest BCUT2D eigenvalue weighted by atomic mass is 16.4. The second kappa shape index (κ2) is 6.74. The van der Waals surface area contributed by atoms with Gasteiger partial charge >= 0.3 is 5.97 Å². The second-order valence-electron chi connectivity index (χ2n) is 6.18. The fourth-order valence-corrected chi connectivity index (χ4v) is 2.38. The molecule has 1 fully saturated rings. The Morgan fingerprint density at radius 2 is 2.05 bits per heavy atom. The van der Waals surface area contributed by atoms with Gasteiger partial charge in [-0.25, -0.2) is 4.79 Å². The van der Waals surface area contributed by atoms with Crippen molar-refractivity contribution in [3.05, 3.63) is 35.4 Å². The van der Waals surface area contributed by atoms with Crippen LogP contribution in [0.4, 0.5) is 0 Å². The van der Waals surface area contributed by atoms with Gasteiger partial charge in [0.2, 0.25) is 5.91 Å². The first-order valence-electron chi connectivity index (χ1n) is 7.59. The first-order valence-corrected chi connectivity index (χ1v) is 7.59. The van der Waals surface area contributed by atoms with E-state index in [4.69, 9.17) is 5.11 Å². The summed E-state index contributed by atoms with van der Waals surface area (Å²) in [6.07, 6.45) is 3.49. The fourth-order valence-electron chi connectivity index (χ4n) is 2.38. The number of nitrogens with zero attached hydrogens (tertiary/aromatic N) is 1. The number of carbonyl (C=O) groups is 2. The highest BCUT2D eigenvalue weighted by Crippen LogP contribution is 2.28. The molecule has 4 nitrogen and oxygen atoms in total. The summed E-state index contributed by atoms with van der Waals surface area (Å²) in [5.74, 6) is -0.266. The summed E-state index contributed by atoms with van der Waals surface area (Å²) < 4.78 is 0. The van der Waals surface area contributed by atoms with Gasteiger partial charge in [0.25, 0.3) is 0 Å². The van der Waals surface area contributed by atoms with Crippen molar-refractivity contribution in [3.8, 4) is 0 Å². The Hall–Kier alpha value is -1.84. The fraction of sp³-hybridized carbons (Fsp3) is 0.529. The van der Waals surface area contributed by atoms with Crippen LogP contribution in [0.3, 0.4) is 0 Å². The maximum absolute atomic E-state index is 12.5. The molecule has 1 aromatic rings. The molecule has 0 spiro atoms. The van der Waals surface area contributed by atoms with E-state index in [-0.39, 0.29) is 17.9 Å². The van der Waals surface area contributed by atoms with Gasteiger partial charge in [-0.1, -0.05) is 26.0 Å². The van der Waals surface area contributed by atoms with Gasteiger partial charge in [0.1, 0.15) is 0 Å². The molecule has 0 atom stereocenters. The minimum absolute atomic E-state index is 0.112. The molecular weight excluding hydrogens is 266 g/mol. The van der Waals surface area contributed by atoms with Crippen LogP contribution in [0.2, 0.25) is 0 Å². The number of carboxylic acid groups (broad SMARTS) is 1. The summed E-state index contributed by atoms with van der Waals surface area (Å²) in [5, 5.41) is 9.00. The van der Waals surface area contributed by atoms with Crippen molar-refractivity contribution in [2.75, 3.05) is 6.54 Å². The zero-order valence-corrected chi connectivity index (χ0v) is 12.7. The van der Waals surface area contributed by atoms with Gasteiger partial charge in [-0.05, 0) is 42.9 Å². The van der Waals surface area contributed by atoms with E-state index in [1.807, 2.05) is 11.0 Å². The van der Waals surface area contributed by atoms with Crippen molar-refractivity contribution in [2.45, 2.75) is 45.6 Å². The molecule has 1 aliphatic rings. The van der Waals surface area contributed by atoms with Crippen LogP contribution >= 0.6 is 0 Å². The molecule has 0 radical (unpaired) electrons. The van der Waals surface area contributed by atoms with Gasteiger partial charge in [0.05, 0.1) is 12.0 Å². The lowest BCUT2D eigenvalue weighted by molar-refractivity contribution is -0.131. The van der Waals surface area contributed by atoms with E-state index in [1.165, 1.54) is 0 Å². The Morgan fingerprint density at radius 3 is 2.62 bits per heavy atom. The number of carbonyl (C=O) groups excluding carboxylic acids is 1. The standard InChI is InChI=1S/C17H23NO3/c1-12(2)8-9-18(15-6-7-15)16(19)11-13-4-3-5-14(10-13)17(20)21/h3-5,10,12,15H,6-9,11H2,1-2H3,(H,20,21). The zero-order chi connectivity index (χ0) is 15.4. The van der Waals surface area contributed by atoms with E-state index in [0.717, 1.165) is 31.4 Å². The van der Waals surface area contributed by atoms with Crippen LogP contribution in [-0.2, 0) is 11.2 Å². The van der Waals surface area contributed by atoms with Crippen LogP contribution in [0.1, 0.15) is 49.0 Å². The number of rotatable bonds is 7. The molecule has 1 N–H and O–H groups in total. The highest BCUT2D eigenvalue weighted by Gasteiger charge is 2.32. The summed E-state index contributed by atoms with van der Waals surface area (Å²) in [7, 11) is 0. The summed E-state index contributed by atoms with van der Waals surface area (Å²) in [6.45, 7) is 5.12. The lowest BCUT2D eigenvalue weighted by atomic mass is 10.1. The Labute approximate surface area is 125 Å². The summed E-state index contributed by atoms with van der Waals surface area (Å²) >= 11 is 0. The first kappa shape index (κ1) is 15.5. The minimum atomic E-state index is -0.955. The van der Waals surface area contributed by atoms with E-state index < -0.39 is 5.97 Å². The Kier molecular flexibility index (Phi) is 4.99. The van der Waals surface area contributed by atoms with Gasteiger partial charge in [-0.15, -0.1) is 0 Å².